The number of rotatable bonds is 1. The Kier molecular flexibility index (Phi) is 4.20. The quantitative estimate of drug-likeness (QED) is 0.485. The van der Waals surface area contributed by atoms with Gasteiger partial charge in [0, 0.05) is 42.2 Å². The lowest BCUT2D eigenvalue weighted by Gasteiger charge is -2.39. The maximum absolute atomic E-state index is 14.2. The van der Waals surface area contributed by atoms with Crippen LogP contribution >= 0.6 is 15.9 Å². The zero-order valence-electron chi connectivity index (χ0n) is 16.1. The summed E-state index contributed by atoms with van der Waals surface area (Å²) in [6, 6.07) is 3.24. The van der Waals surface area contributed by atoms with Gasteiger partial charge in [0.1, 0.15) is 0 Å². The molecular formula is C21H15BrFN3O5. The minimum atomic E-state index is -0.936. The summed E-state index contributed by atoms with van der Waals surface area (Å²) in [5.74, 6) is -3.28. The van der Waals surface area contributed by atoms with Gasteiger partial charge in [-0.3, -0.25) is 9.59 Å². The molecule has 0 amide bonds. The lowest BCUT2D eigenvalue weighted by molar-refractivity contribution is -0.115. The van der Waals surface area contributed by atoms with Crippen LogP contribution in [0.15, 0.2) is 61.1 Å². The molecular weight excluding hydrogens is 473 g/mol. The van der Waals surface area contributed by atoms with Crippen molar-refractivity contribution in [2.45, 2.75) is 24.9 Å². The molecule has 158 valence electrons. The van der Waals surface area contributed by atoms with E-state index in [9.17, 15) is 28.7 Å². The van der Waals surface area contributed by atoms with Crippen molar-refractivity contribution in [1.29, 1.82) is 0 Å². The van der Waals surface area contributed by atoms with Gasteiger partial charge in [-0.15, -0.1) is 0 Å². The highest BCUT2D eigenvalue weighted by Crippen LogP contribution is 2.51. The number of Topliss-reactive ketones (excluding diaryl/α,β-unsaturated/α-hetero) is 1. The third-order valence-electron chi connectivity index (χ3n) is 6.12. The molecule has 3 aliphatic rings. The summed E-state index contributed by atoms with van der Waals surface area (Å²) in [4.78, 5) is 51.1. The normalized spacial score (nSPS) is 22.5. The van der Waals surface area contributed by atoms with E-state index < -0.39 is 46.5 Å². The summed E-state index contributed by atoms with van der Waals surface area (Å²) in [6.45, 7) is 0.0671. The van der Waals surface area contributed by atoms with Crippen molar-refractivity contribution in [1.82, 2.24) is 13.9 Å². The minimum absolute atomic E-state index is 0.0185. The van der Waals surface area contributed by atoms with Crippen molar-refractivity contribution in [3.8, 4) is 5.75 Å². The molecule has 8 nitrogen and oxygen atoms in total. The molecule has 0 saturated heterocycles. The van der Waals surface area contributed by atoms with E-state index in [0.717, 1.165) is 10.6 Å². The van der Waals surface area contributed by atoms with Crippen LogP contribution < -0.4 is 11.4 Å². The number of allylic oxidation sites excluding steroid dienone is 6. The molecule has 1 aliphatic heterocycles. The average Bonchev–Trinajstić information content (AvgIpc) is 2.97. The van der Waals surface area contributed by atoms with Crippen molar-refractivity contribution in [3.63, 3.8) is 0 Å². The highest BCUT2D eigenvalue weighted by atomic mass is 79.9. The molecule has 0 saturated carbocycles. The molecule has 10 heteroatoms. The highest BCUT2D eigenvalue weighted by molar-refractivity contribution is 9.12. The fourth-order valence-electron chi connectivity index (χ4n) is 4.71. The summed E-state index contributed by atoms with van der Waals surface area (Å²) in [7, 11) is 1.36. The first-order valence-electron chi connectivity index (χ1n) is 9.47. The third-order valence-corrected chi connectivity index (χ3v) is 6.71. The predicted octanol–water partition coefficient (Wildman–Crippen LogP) is 1.59. The lowest BCUT2D eigenvalue weighted by atomic mass is 9.68. The molecule has 5 rings (SSSR count). The Morgan fingerprint density at radius 2 is 1.90 bits per heavy atom. The van der Waals surface area contributed by atoms with Gasteiger partial charge in [-0.2, -0.15) is 0 Å². The molecule has 1 N–H and O–H groups in total. The van der Waals surface area contributed by atoms with Crippen LogP contribution in [-0.4, -0.2) is 30.6 Å². The number of nitrogens with zero attached hydrogens (tertiary/aromatic N) is 3. The maximum Gasteiger partial charge on any atom is 0.347 e. The molecule has 2 atom stereocenters. The van der Waals surface area contributed by atoms with Gasteiger partial charge in [-0.1, -0.05) is 18.2 Å². The van der Waals surface area contributed by atoms with E-state index in [1.165, 1.54) is 34.6 Å². The summed E-state index contributed by atoms with van der Waals surface area (Å²) < 4.78 is 17.8. The first-order valence-corrected chi connectivity index (χ1v) is 10.3. The number of phenolic OH excluding ortho intramolecular Hbond substituents is 1. The molecule has 1 aromatic heterocycles. The van der Waals surface area contributed by atoms with E-state index in [4.69, 9.17) is 0 Å². The number of fused-ring (bicyclic) bond motifs is 3. The summed E-state index contributed by atoms with van der Waals surface area (Å²) in [5.41, 5.74) is -0.0626. The molecule has 1 aromatic carbocycles. The number of aromatic hydroxyl groups is 1. The van der Waals surface area contributed by atoms with Crippen LogP contribution in [-0.2, 0) is 23.2 Å². The van der Waals surface area contributed by atoms with Crippen molar-refractivity contribution in [2.24, 2.45) is 7.05 Å². The number of carbonyl (C=O) groups excluding carboxylic acids is 2. The van der Waals surface area contributed by atoms with Gasteiger partial charge >= 0.3 is 11.4 Å². The highest BCUT2D eigenvalue weighted by Gasteiger charge is 2.45. The third kappa shape index (κ3) is 2.57. The smallest absolute Gasteiger partial charge is 0.347 e. The Balaban J connectivity index is 1.82. The van der Waals surface area contributed by atoms with Crippen molar-refractivity contribution in [3.05, 3.63) is 83.9 Å². The SMILES string of the molecule is Cn1c(=O)n2n(c1=O)[C@@H]1CC3=C(C(=O)C=C(Br)C3=O)[C@@H](c3cccc(F)c3O)C1=CC2. The maximum atomic E-state index is 14.2. The first-order chi connectivity index (χ1) is 14.7. The molecule has 2 heterocycles. The average molecular weight is 488 g/mol. The minimum Gasteiger partial charge on any atom is -0.505 e. The molecule has 2 aliphatic carbocycles. The van der Waals surface area contributed by atoms with Crippen LogP contribution in [0, 0.1) is 5.82 Å². The Hall–Kier alpha value is -3.27. The second kappa shape index (κ2) is 6.61. The molecule has 0 radical (unpaired) electrons. The number of para-hydroxylation sites is 1. The zero-order chi connectivity index (χ0) is 22.2. The Morgan fingerprint density at radius 3 is 2.65 bits per heavy atom. The zero-order valence-corrected chi connectivity index (χ0v) is 17.7. The number of phenols is 1. The fourth-order valence-corrected chi connectivity index (χ4v) is 5.16. The Bertz CT molecular complexity index is 1420. The standard InChI is InChI=1S/C21H15BrFN3O5/c1-24-20(30)25-6-5-9-14(26(25)21(24)31)7-11-17(15(27)8-12(22)18(11)28)16(9)10-3-2-4-13(23)19(10)29/h2-5,8,14,16,29H,6-7H2,1H3/t14-,16-/m1/s1. The number of ketones is 2. The molecule has 31 heavy (non-hydrogen) atoms. The van der Waals surface area contributed by atoms with Gasteiger partial charge in [0.05, 0.1) is 17.1 Å². The number of benzene rings is 1. The number of aromatic nitrogens is 3. The predicted molar refractivity (Wildman–Crippen MR) is 111 cm³/mol. The van der Waals surface area contributed by atoms with Gasteiger partial charge in [-0.25, -0.2) is 27.9 Å². The summed E-state index contributed by atoms with van der Waals surface area (Å²) in [5, 5.41) is 10.5. The Labute approximate surface area is 182 Å². The van der Waals surface area contributed by atoms with E-state index in [1.54, 1.807) is 6.08 Å². The molecule has 0 unspecified atom stereocenters. The van der Waals surface area contributed by atoms with Gasteiger partial charge in [-0.05, 0) is 27.6 Å². The molecule has 2 aromatic rings. The first kappa shape index (κ1) is 19.7. The summed E-state index contributed by atoms with van der Waals surface area (Å²) in [6.07, 6.45) is 2.89. The number of hydrogen-bond acceptors (Lipinski definition) is 5. The summed E-state index contributed by atoms with van der Waals surface area (Å²) >= 11 is 3.11. The van der Waals surface area contributed by atoms with Crippen LogP contribution in [0.25, 0.3) is 0 Å². The van der Waals surface area contributed by atoms with Gasteiger partial charge < -0.3 is 5.11 Å². The number of halogens is 2. The van der Waals surface area contributed by atoms with Crippen molar-refractivity contribution >= 4 is 27.5 Å². The van der Waals surface area contributed by atoms with Gasteiger partial charge in [0.2, 0.25) is 0 Å². The Morgan fingerprint density at radius 1 is 1.16 bits per heavy atom. The van der Waals surface area contributed by atoms with Gasteiger partial charge in [0.25, 0.3) is 0 Å². The molecule has 0 fully saturated rings. The monoisotopic (exact) mass is 487 g/mol. The van der Waals surface area contributed by atoms with E-state index in [1.807, 2.05) is 0 Å². The van der Waals surface area contributed by atoms with Crippen molar-refractivity contribution in [2.75, 3.05) is 0 Å². The second-order valence-corrected chi connectivity index (χ2v) is 8.52. The van der Waals surface area contributed by atoms with E-state index in [0.29, 0.717) is 5.57 Å². The van der Waals surface area contributed by atoms with E-state index in [-0.39, 0.29) is 34.2 Å². The van der Waals surface area contributed by atoms with Gasteiger partial charge in [0.15, 0.2) is 23.1 Å². The lowest BCUT2D eigenvalue weighted by Crippen LogP contribution is -2.40. The van der Waals surface area contributed by atoms with Crippen LogP contribution in [0.2, 0.25) is 0 Å². The van der Waals surface area contributed by atoms with E-state index in [2.05, 4.69) is 15.9 Å². The topological polar surface area (TPSA) is 103 Å². The molecule has 0 bridgehead atoms. The number of carbonyl (C=O) groups is 2. The second-order valence-electron chi connectivity index (χ2n) is 7.66. The van der Waals surface area contributed by atoms with E-state index >= 15 is 0 Å². The van der Waals surface area contributed by atoms with Crippen LogP contribution in [0.5, 0.6) is 5.75 Å². The van der Waals surface area contributed by atoms with Crippen LogP contribution in [0.3, 0.4) is 0 Å². The van der Waals surface area contributed by atoms with Crippen molar-refractivity contribution < 1.29 is 19.1 Å². The molecule has 0 spiro atoms. The fraction of sp³-hybridized carbons (Fsp3) is 0.238. The number of hydrogen-bond donors (Lipinski definition) is 1. The van der Waals surface area contributed by atoms with Crippen LogP contribution in [0.4, 0.5) is 4.39 Å². The van der Waals surface area contributed by atoms with Crippen LogP contribution in [0.1, 0.15) is 23.9 Å². The largest absolute Gasteiger partial charge is 0.505 e.